The van der Waals surface area contributed by atoms with Crippen LogP contribution in [0.3, 0.4) is 0 Å². The lowest BCUT2D eigenvalue weighted by Gasteiger charge is -2.05. The second-order valence-corrected chi connectivity index (χ2v) is 4.13. The fourth-order valence-corrected chi connectivity index (χ4v) is 2.06. The summed E-state index contributed by atoms with van der Waals surface area (Å²) in [5.41, 5.74) is 7.10. The molecule has 0 aliphatic heterocycles. The van der Waals surface area contributed by atoms with Crippen LogP contribution in [-0.2, 0) is 0 Å². The Morgan fingerprint density at radius 3 is 2.92 bits per heavy atom. The number of nitriles is 1. The monoisotopic (exact) mass is 178 g/mol. The molecule has 12 heavy (non-hydrogen) atoms. The summed E-state index contributed by atoms with van der Waals surface area (Å²) >= 11 is 1.48. The lowest BCUT2D eigenvalue weighted by atomic mass is 10.1. The van der Waals surface area contributed by atoms with E-state index in [1.807, 2.05) is 11.4 Å². The van der Waals surface area contributed by atoms with Crippen molar-refractivity contribution in [3.63, 3.8) is 0 Å². The highest BCUT2D eigenvalue weighted by atomic mass is 32.1. The van der Waals surface area contributed by atoms with Crippen LogP contribution in [0.1, 0.15) is 29.3 Å². The van der Waals surface area contributed by atoms with Crippen molar-refractivity contribution >= 4 is 11.3 Å². The highest BCUT2D eigenvalue weighted by Crippen LogP contribution is 2.40. The Bertz CT molecular complexity index is 320. The smallest absolute Gasteiger partial charge is 0.110 e. The minimum atomic E-state index is 0.170. The number of thiophene rings is 1. The van der Waals surface area contributed by atoms with Gasteiger partial charge in [-0.2, -0.15) is 5.26 Å². The molecule has 2 nitrogen and oxygen atoms in total. The lowest BCUT2D eigenvalue weighted by molar-refractivity contribution is 0.635. The van der Waals surface area contributed by atoms with Crippen LogP contribution in [0, 0.1) is 17.2 Å². The van der Waals surface area contributed by atoms with E-state index >= 15 is 0 Å². The summed E-state index contributed by atoms with van der Waals surface area (Å²) < 4.78 is 0. The molecule has 0 saturated heterocycles. The van der Waals surface area contributed by atoms with Crippen LogP contribution in [0.5, 0.6) is 0 Å². The van der Waals surface area contributed by atoms with E-state index in [0.29, 0.717) is 5.92 Å². The van der Waals surface area contributed by atoms with E-state index in [0.717, 1.165) is 10.4 Å². The van der Waals surface area contributed by atoms with Crippen LogP contribution < -0.4 is 5.73 Å². The molecule has 3 heteroatoms. The highest BCUT2D eigenvalue weighted by Gasteiger charge is 2.29. The molecule has 1 aliphatic rings. The van der Waals surface area contributed by atoms with Crippen LogP contribution >= 0.6 is 11.3 Å². The quantitative estimate of drug-likeness (QED) is 0.753. The Kier molecular flexibility index (Phi) is 1.87. The van der Waals surface area contributed by atoms with E-state index in [1.54, 1.807) is 0 Å². The van der Waals surface area contributed by atoms with Crippen LogP contribution in [0.25, 0.3) is 0 Å². The number of hydrogen-bond acceptors (Lipinski definition) is 3. The highest BCUT2D eigenvalue weighted by molar-refractivity contribution is 7.10. The van der Waals surface area contributed by atoms with Crippen molar-refractivity contribution in [2.45, 2.75) is 18.9 Å². The number of hydrogen-bond donors (Lipinski definition) is 1. The van der Waals surface area contributed by atoms with Gasteiger partial charge < -0.3 is 5.73 Å². The normalized spacial score (nSPS) is 18.7. The molecular formula is C9H10N2S. The molecule has 1 fully saturated rings. The van der Waals surface area contributed by atoms with Gasteiger partial charge in [0.15, 0.2) is 0 Å². The Labute approximate surface area is 75.6 Å². The first kappa shape index (κ1) is 7.78. The van der Waals surface area contributed by atoms with Gasteiger partial charge in [0.2, 0.25) is 0 Å². The van der Waals surface area contributed by atoms with Crippen molar-refractivity contribution in [2.24, 2.45) is 11.7 Å². The summed E-state index contributed by atoms with van der Waals surface area (Å²) in [6.45, 7) is 0. The van der Waals surface area contributed by atoms with Gasteiger partial charge in [-0.1, -0.05) is 0 Å². The Morgan fingerprint density at radius 1 is 1.67 bits per heavy atom. The molecule has 2 N–H and O–H groups in total. The molecule has 0 bridgehead atoms. The maximum Gasteiger partial charge on any atom is 0.110 e. The van der Waals surface area contributed by atoms with Gasteiger partial charge in [-0.3, -0.25) is 0 Å². The molecule has 0 radical (unpaired) electrons. The molecule has 0 spiro atoms. The number of rotatable bonds is 2. The number of nitrogens with zero attached hydrogens (tertiary/aromatic N) is 1. The van der Waals surface area contributed by atoms with E-state index < -0.39 is 0 Å². The summed E-state index contributed by atoms with van der Waals surface area (Å²) in [6, 6.07) is 4.20. The molecule has 1 aliphatic carbocycles. The largest absolute Gasteiger partial charge is 0.324 e. The maximum absolute atomic E-state index is 8.61. The van der Waals surface area contributed by atoms with Gasteiger partial charge in [0, 0.05) is 6.04 Å². The van der Waals surface area contributed by atoms with E-state index in [2.05, 4.69) is 6.07 Å². The van der Waals surface area contributed by atoms with Crippen molar-refractivity contribution in [3.05, 3.63) is 21.9 Å². The molecule has 62 valence electrons. The average Bonchev–Trinajstić information content (AvgIpc) is 2.82. The summed E-state index contributed by atoms with van der Waals surface area (Å²) in [6.07, 6.45) is 2.50. The van der Waals surface area contributed by atoms with E-state index in [-0.39, 0.29) is 6.04 Å². The van der Waals surface area contributed by atoms with Crippen molar-refractivity contribution in [1.29, 1.82) is 5.26 Å². The zero-order valence-corrected chi connectivity index (χ0v) is 7.47. The number of nitrogens with two attached hydrogens (primary N) is 1. The van der Waals surface area contributed by atoms with Crippen molar-refractivity contribution in [3.8, 4) is 6.07 Å². The molecule has 1 atom stereocenters. The molecule has 1 aromatic rings. The van der Waals surface area contributed by atoms with Crippen molar-refractivity contribution < 1.29 is 0 Å². The summed E-state index contributed by atoms with van der Waals surface area (Å²) in [5.74, 6) is 0.672. The Balaban J connectivity index is 2.17. The van der Waals surface area contributed by atoms with Crippen LogP contribution in [-0.4, -0.2) is 0 Å². The van der Waals surface area contributed by atoms with Crippen molar-refractivity contribution in [1.82, 2.24) is 0 Å². The predicted molar refractivity (Wildman–Crippen MR) is 48.7 cm³/mol. The Hall–Kier alpha value is -0.850. The topological polar surface area (TPSA) is 49.8 Å². The maximum atomic E-state index is 8.61. The molecule has 0 amide bonds. The van der Waals surface area contributed by atoms with E-state index in [1.165, 1.54) is 24.2 Å². The van der Waals surface area contributed by atoms with E-state index in [4.69, 9.17) is 11.0 Å². The molecule has 1 saturated carbocycles. The van der Waals surface area contributed by atoms with Gasteiger partial charge in [0.05, 0.1) is 0 Å². The zero-order valence-electron chi connectivity index (χ0n) is 6.66. The van der Waals surface area contributed by atoms with Gasteiger partial charge in [0.1, 0.15) is 10.9 Å². The summed E-state index contributed by atoms with van der Waals surface area (Å²) in [7, 11) is 0. The summed E-state index contributed by atoms with van der Waals surface area (Å²) in [5, 5.41) is 10.6. The molecule has 0 aromatic carbocycles. The average molecular weight is 178 g/mol. The van der Waals surface area contributed by atoms with Crippen molar-refractivity contribution in [2.75, 3.05) is 0 Å². The van der Waals surface area contributed by atoms with Gasteiger partial charge in [-0.05, 0) is 35.8 Å². The fourth-order valence-electron chi connectivity index (χ4n) is 1.31. The molecular weight excluding hydrogens is 168 g/mol. The lowest BCUT2D eigenvalue weighted by Crippen LogP contribution is -2.10. The second kappa shape index (κ2) is 2.89. The molecule has 1 heterocycles. The van der Waals surface area contributed by atoms with Gasteiger partial charge in [0.25, 0.3) is 0 Å². The van der Waals surface area contributed by atoms with E-state index in [9.17, 15) is 0 Å². The van der Waals surface area contributed by atoms with Crippen LogP contribution in [0.2, 0.25) is 0 Å². The third kappa shape index (κ3) is 1.36. The fraction of sp³-hybridized carbons (Fsp3) is 0.444. The third-order valence-corrected chi connectivity index (χ3v) is 3.10. The van der Waals surface area contributed by atoms with Gasteiger partial charge in [-0.15, -0.1) is 11.3 Å². The molecule has 1 aromatic heterocycles. The first-order valence-corrected chi connectivity index (χ1v) is 4.93. The van der Waals surface area contributed by atoms with Crippen LogP contribution in [0.15, 0.2) is 11.4 Å². The first-order chi connectivity index (χ1) is 5.81. The van der Waals surface area contributed by atoms with Crippen LogP contribution in [0.4, 0.5) is 0 Å². The SMILES string of the molecule is N#Cc1cc([C@H](N)C2CC2)cs1. The van der Waals surface area contributed by atoms with Gasteiger partial charge >= 0.3 is 0 Å². The minimum Gasteiger partial charge on any atom is -0.324 e. The predicted octanol–water partition coefficient (Wildman–Crippen LogP) is 2.03. The summed E-state index contributed by atoms with van der Waals surface area (Å²) in [4.78, 5) is 0.765. The Morgan fingerprint density at radius 2 is 2.42 bits per heavy atom. The first-order valence-electron chi connectivity index (χ1n) is 4.05. The minimum absolute atomic E-state index is 0.170. The zero-order chi connectivity index (χ0) is 8.55. The molecule has 2 rings (SSSR count). The van der Waals surface area contributed by atoms with Gasteiger partial charge in [-0.25, -0.2) is 0 Å². The second-order valence-electron chi connectivity index (χ2n) is 3.22. The standard InChI is InChI=1S/C9H10N2S/c10-4-8-3-7(5-12-8)9(11)6-1-2-6/h3,5-6,9H,1-2,11H2/t9-/m1/s1. The third-order valence-electron chi connectivity index (χ3n) is 2.24. The molecule has 0 unspecified atom stereocenters.